The van der Waals surface area contributed by atoms with E-state index < -0.39 is 10.0 Å². The Morgan fingerprint density at radius 3 is 2.64 bits per heavy atom. The second-order valence-electron chi connectivity index (χ2n) is 5.30. The lowest BCUT2D eigenvalue weighted by Gasteiger charge is -2.22. The smallest absolute Gasteiger partial charge is 0.252 e. The van der Waals surface area contributed by atoms with Crippen molar-refractivity contribution in [1.82, 2.24) is 9.29 Å². The molecule has 2 aromatic heterocycles. The summed E-state index contributed by atoms with van der Waals surface area (Å²) in [4.78, 5) is 7.52. The van der Waals surface area contributed by atoms with E-state index in [2.05, 4.69) is 9.88 Å². The molecule has 2 aromatic rings. The Morgan fingerprint density at radius 2 is 1.95 bits per heavy atom. The molecule has 1 aliphatic rings. The topological polar surface area (TPSA) is 53.5 Å². The SMILES string of the molecule is Cc1ccc(S(=O)(=O)N2CCCN(c3ccccn3)CC2)s1. The van der Waals surface area contributed by atoms with Gasteiger partial charge < -0.3 is 4.90 Å². The van der Waals surface area contributed by atoms with Crippen LogP contribution in [-0.4, -0.2) is 43.9 Å². The van der Waals surface area contributed by atoms with Crippen molar-refractivity contribution in [2.24, 2.45) is 0 Å². The summed E-state index contributed by atoms with van der Waals surface area (Å²) in [7, 11) is -3.37. The minimum Gasteiger partial charge on any atom is -0.355 e. The molecule has 1 fully saturated rings. The molecule has 3 heterocycles. The van der Waals surface area contributed by atoms with Crippen molar-refractivity contribution in [3.63, 3.8) is 0 Å². The molecular weight excluding hydrogens is 318 g/mol. The molecule has 0 unspecified atom stereocenters. The normalized spacial score (nSPS) is 17.4. The van der Waals surface area contributed by atoms with Crippen molar-refractivity contribution in [2.45, 2.75) is 17.6 Å². The maximum Gasteiger partial charge on any atom is 0.252 e. The van der Waals surface area contributed by atoms with E-state index in [0.717, 1.165) is 23.7 Å². The second kappa shape index (κ2) is 6.36. The van der Waals surface area contributed by atoms with E-state index in [1.807, 2.05) is 31.2 Å². The van der Waals surface area contributed by atoms with Crippen LogP contribution in [0.25, 0.3) is 0 Å². The second-order valence-corrected chi connectivity index (χ2v) is 8.75. The van der Waals surface area contributed by atoms with E-state index in [1.165, 1.54) is 11.3 Å². The number of pyridine rings is 1. The van der Waals surface area contributed by atoms with Crippen LogP contribution in [0.2, 0.25) is 0 Å². The molecule has 1 aliphatic heterocycles. The first-order valence-corrected chi connectivity index (χ1v) is 9.55. The van der Waals surface area contributed by atoms with Crippen LogP contribution in [0.15, 0.2) is 40.7 Å². The van der Waals surface area contributed by atoms with Gasteiger partial charge in [-0.1, -0.05) is 6.07 Å². The monoisotopic (exact) mass is 337 g/mol. The highest BCUT2D eigenvalue weighted by atomic mass is 32.2. The van der Waals surface area contributed by atoms with E-state index in [4.69, 9.17) is 0 Å². The zero-order valence-corrected chi connectivity index (χ0v) is 14.1. The lowest BCUT2D eigenvalue weighted by Crippen LogP contribution is -2.35. The van der Waals surface area contributed by atoms with Crippen molar-refractivity contribution in [2.75, 3.05) is 31.1 Å². The Morgan fingerprint density at radius 1 is 1.09 bits per heavy atom. The molecule has 0 aliphatic carbocycles. The van der Waals surface area contributed by atoms with Crippen molar-refractivity contribution in [3.05, 3.63) is 41.4 Å². The molecule has 0 atom stereocenters. The number of anilines is 1. The highest BCUT2D eigenvalue weighted by molar-refractivity contribution is 7.91. The fourth-order valence-electron chi connectivity index (χ4n) is 2.58. The highest BCUT2D eigenvalue weighted by Gasteiger charge is 2.28. The molecule has 7 heteroatoms. The standard InChI is InChI=1S/C15H19N3O2S2/c1-13-6-7-15(21-13)22(19,20)18-10-4-9-17(11-12-18)14-5-2-3-8-16-14/h2-3,5-8H,4,9-12H2,1H3. The third-order valence-corrected chi connectivity index (χ3v) is 7.10. The predicted octanol–water partition coefficient (Wildman–Crippen LogP) is 2.35. The zero-order chi connectivity index (χ0) is 15.6. The summed E-state index contributed by atoms with van der Waals surface area (Å²) in [6, 6.07) is 9.37. The minimum absolute atomic E-state index is 0.441. The molecule has 5 nitrogen and oxygen atoms in total. The van der Waals surface area contributed by atoms with Gasteiger partial charge >= 0.3 is 0 Å². The molecule has 0 saturated carbocycles. The van der Waals surface area contributed by atoms with E-state index in [9.17, 15) is 8.42 Å². The van der Waals surface area contributed by atoms with E-state index >= 15 is 0 Å². The van der Waals surface area contributed by atoms with Gasteiger partial charge in [-0.3, -0.25) is 0 Å². The van der Waals surface area contributed by atoms with Crippen LogP contribution in [0.5, 0.6) is 0 Å². The maximum atomic E-state index is 12.7. The summed E-state index contributed by atoms with van der Waals surface area (Å²) in [6.07, 6.45) is 2.57. The molecule has 0 N–H and O–H groups in total. The van der Waals surface area contributed by atoms with Crippen LogP contribution < -0.4 is 4.90 Å². The van der Waals surface area contributed by atoms with Gasteiger partial charge in [0.1, 0.15) is 10.0 Å². The Balaban J connectivity index is 1.75. The fraction of sp³-hybridized carbons (Fsp3) is 0.400. The summed E-state index contributed by atoms with van der Waals surface area (Å²) in [5, 5.41) is 0. The van der Waals surface area contributed by atoms with Gasteiger partial charge in [-0.2, -0.15) is 4.31 Å². The highest BCUT2D eigenvalue weighted by Crippen LogP contribution is 2.25. The Hall–Kier alpha value is -1.44. The molecule has 1 saturated heterocycles. The van der Waals surface area contributed by atoms with Gasteiger partial charge in [0, 0.05) is 37.3 Å². The Labute approximate surface area is 135 Å². The van der Waals surface area contributed by atoms with Crippen LogP contribution in [0.1, 0.15) is 11.3 Å². The number of thiophene rings is 1. The predicted molar refractivity (Wildman–Crippen MR) is 88.9 cm³/mol. The van der Waals surface area contributed by atoms with Crippen LogP contribution in [0.4, 0.5) is 5.82 Å². The van der Waals surface area contributed by atoms with Crippen LogP contribution in [0.3, 0.4) is 0 Å². The van der Waals surface area contributed by atoms with Gasteiger partial charge in [0.15, 0.2) is 0 Å². The quantitative estimate of drug-likeness (QED) is 0.863. The zero-order valence-electron chi connectivity index (χ0n) is 12.5. The summed E-state index contributed by atoms with van der Waals surface area (Å²) in [6.45, 7) is 4.47. The average molecular weight is 337 g/mol. The fourth-order valence-corrected chi connectivity index (χ4v) is 5.49. The van der Waals surface area contributed by atoms with Crippen molar-refractivity contribution < 1.29 is 8.42 Å². The number of nitrogens with zero attached hydrogens (tertiary/aromatic N) is 3. The van der Waals surface area contributed by atoms with Gasteiger partial charge in [-0.25, -0.2) is 13.4 Å². The number of aromatic nitrogens is 1. The first-order chi connectivity index (χ1) is 10.6. The Bertz CT molecular complexity index is 728. The summed E-state index contributed by atoms with van der Waals surface area (Å²) < 4.78 is 27.4. The maximum absolute atomic E-state index is 12.7. The summed E-state index contributed by atoms with van der Waals surface area (Å²) in [5.74, 6) is 0.911. The van der Waals surface area contributed by atoms with Crippen LogP contribution >= 0.6 is 11.3 Å². The third kappa shape index (κ3) is 3.16. The summed E-state index contributed by atoms with van der Waals surface area (Å²) >= 11 is 1.34. The molecule has 0 aromatic carbocycles. The van der Waals surface area contributed by atoms with Crippen molar-refractivity contribution in [1.29, 1.82) is 0 Å². The van der Waals surface area contributed by atoms with Gasteiger partial charge in [0.2, 0.25) is 0 Å². The third-order valence-electron chi connectivity index (χ3n) is 3.74. The van der Waals surface area contributed by atoms with Crippen LogP contribution in [0, 0.1) is 6.92 Å². The minimum atomic E-state index is -3.37. The number of sulfonamides is 1. The van der Waals surface area contributed by atoms with Gasteiger partial charge in [-0.15, -0.1) is 11.3 Å². The largest absolute Gasteiger partial charge is 0.355 e. The molecule has 0 amide bonds. The first kappa shape index (κ1) is 15.5. The van der Waals surface area contributed by atoms with Crippen molar-refractivity contribution >= 4 is 27.2 Å². The number of hydrogen-bond acceptors (Lipinski definition) is 5. The number of hydrogen-bond donors (Lipinski definition) is 0. The van der Waals surface area contributed by atoms with E-state index in [-0.39, 0.29) is 0 Å². The summed E-state index contributed by atoms with van der Waals surface area (Å²) in [5.41, 5.74) is 0. The lowest BCUT2D eigenvalue weighted by molar-refractivity contribution is 0.434. The Kier molecular flexibility index (Phi) is 4.46. The molecule has 0 radical (unpaired) electrons. The molecule has 22 heavy (non-hydrogen) atoms. The van der Waals surface area contributed by atoms with Gasteiger partial charge in [-0.05, 0) is 37.6 Å². The molecule has 3 rings (SSSR count). The van der Waals surface area contributed by atoms with Crippen molar-refractivity contribution in [3.8, 4) is 0 Å². The lowest BCUT2D eigenvalue weighted by atomic mass is 10.3. The molecule has 118 valence electrons. The average Bonchev–Trinajstić information content (AvgIpc) is 2.82. The molecular formula is C15H19N3O2S2. The van der Waals surface area contributed by atoms with E-state index in [1.54, 1.807) is 16.6 Å². The van der Waals surface area contributed by atoms with Crippen LogP contribution in [-0.2, 0) is 10.0 Å². The number of rotatable bonds is 3. The molecule has 0 spiro atoms. The van der Waals surface area contributed by atoms with E-state index in [0.29, 0.717) is 23.8 Å². The van der Waals surface area contributed by atoms with Gasteiger partial charge in [0.25, 0.3) is 10.0 Å². The first-order valence-electron chi connectivity index (χ1n) is 7.30. The van der Waals surface area contributed by atoms with Gasteiger partial charge in [0.05, 0.1) is 0 Å². The number of aryl methyl sites for hydroxylation is 1. The molecule has 0 bridgehead atoms.